The summed E-state index contributed by atoms with van der Waals surface area (Å²) >= 11 is 2.18. The van der Waals surface area contributed by atoms with Gasteiger partial charge < -0.3 is 10.1 Å². The number of aromatic nitrogens is 1. The van der Waals surface area contributed by atoms with E-state index in [4.69, 9.17) is 9.94 Å². The van der Waals surface area contributed by atoms with Crippen LogP contribution in [0, 0.1) is 3.57 Å². The number of nitrogens with one attached hydrogen (secondary N) is 2. The number of anilines is 1. The van der Waals surface area contributed by atoms with Gasteiger partial charge in [-0.15, -0.1) is 0 Å². The molecule has 0 aliphatic heterocycles. The van der Waals surface area contributed by atoms with Crippen LogP contribution in [0.5, 0.6) is 0 Å². The SMILES string of the molecule is CC(C)OCCCNc1ncc(/C=C/C(=O)NO)cc1I. The number of rotatable bonds is 8. The molecule has 0 saturated carbocycles. The van der Waals surface area contributed by atoms with Crippen molar-refractivity contribution in [3.63, 3.8) is 0 Å². The van der Waals surface area contributed by atoms with Crippen LogP contribution in [-0.4, -0.2) is 35.4 Å². The van der Waals surface area contributed by atoms with Crippen molar-refractivity contribution in [2.45, 2.75) is 26.4 Å². The van der Waals surface area contributed by atoms with Crippen LogP contribution < -0.4 is 10.8 Å². The Balaban J connectivity index is 2.47. The summed E-state index contributed by atoms with van der Waals surface area (Å²) < 4.78 is 6.43. The predicted octanol–water partition coefficient (Wildman–Crippen LogP) is 2.43. The molecule has 0 aliphatic carbocycles. The van der Waals surface area contributed by atoms with Crippen LogP contribution >= 0.6 is 22.6 Å². The summed E-state index contributed by atoms with van der Waals surface area (Å²) in [5.74, 6) is 0.237. The second-order valence-electron chi connectivity index (χ2n) is 4.61. The lowest BCUT2D eigenvalue weighted by atomic mass is 10.2. The van der Waals surface area contributed by atoms with E-state index < -0.39 is 5.91 Å². The number of carbonyl (C=O) groups is 1. The van der Waals surface area contributed by atoms with Crippen LogP contribution in [0.15, 0.2) is 18.3 Å². The molecule has 1 aromatic rings. The lowest BCUT2D eigenvalue weighted by Crippen LogP contribution is -2.14. The molecule has 1 heterocycles. The maximum Gasteiger partial charge on any atom is 0.267 e. The van der Waals surface area contributed by atoms with Crippen molar-refractivity contribution in [1.82, 2.24) is 10.5 Å². The van der Waals surface area contributed by atoms with Gasteiger partial charge in [0.1, 0.15) is 5.82 Å². The molecule has 21 heavy (non-hydrogen) atoms. The number of amides is 1. The van der Waals surface area contributed by atoms with Crippen LogP contribution in [0.1, 0.15) is 25.8 Å². The summed E-state index contributed by atoms with van der Waals surface area (Å²) in [6.45, 7) is 5.54. The first-order chi connectivity index (χ1) is 10.0. The first kappa shape index (κ1) is 17.9. The normalized spacial score (nSPS) is 11.1. The van der Waals surface area contributed by atoms with Crippen molar-refractivity contribution in [3.05, 3.63) is 27.5 Å². The molecule has 0 saturated heterocycles. The summed E-state index contributed by atoms with van der Waals surface area (Å²) in [5.41, 5.74) is 2.33. The van der Waals surface area contributed by atoms with Gasteiger partial charge in [0.2, 0.25) is 0 Å². The fraction of sp³-hybridized carbons (Fsp3) is 0.429. The fourth-order valence-corrected chi connectivity index (χ4v) is 2.17. The van der Waals surface area contributed by atoms with Crippen molar-refractivity contribution < 1.29 is 14.7 Å². The molecular weight excluding hydrogens is 385 g/mol. The van der Waals surface area contributed by atoms with Gasteiger partial charge in [0.15, 0.2) is 0 Å². The Morgan fingerprint density at radius 1 is 1.57 bits per heavy atom. The summed E-state index contributed by atoms with van der Waals surface area (Å²) in [7, 11) is 0. The number of carbonyl (C=O) groups excluding carboxylic acids is 1. The van der Waals surface area contributed by atoms with Gasteiger partial charge in [-0.3, -0.25) is 10.0 Å². The quantitative estimate of drug-likeness (QED) is 0.204. The highest BCUT2D eigenvalue weighted by atomic mass is 127. The van der Waals surface area contributed by atoms with Gasteiger partial charge in [-0.25, -0.2) is 10.5 Å². The topological polar surface area (TPSA) is 83.5 Å². The van der Waals surface area contributed by atoms with Gasteiger partial charge >= 0.3 is 0 Å². The largest absolute Gasteiger partial charge is 0.379 e. The number of pyridine rings is 1. The smallest absolute Gasteiger partial charge is 0.267 e. The minimum atomic E-state index is -0.572. The molecule has 6 nitrogen and oxygen atoms in total. The molecule has 1 rings (SSSR count). The van der Waals surface area contributed by atoms with E-state index in [9.17, 15) is 4.79 Å². The number of ether oxygens (including phenoxy) is 1. The van der Waals surface area contributed by atoms with E-state index in [-0.39, 0.29) is 6.10 Å². The van der Waals surface area contributed by atoms with Crippen LogP contribution in [0.2, 0.25) is 0 Å². The standard InChI is InChI=1S/C14H20IN3O3/c1-10(2)21-7-3-6-16-14-12(15)8-11(9-17-14)4-5-13(19)18-20/h4-5,8-10,20H,3,6-7H2,1-2H3,(H,16,17)(H,18,19)/b5-4+. The molecule has 0 unspecified atom stereocenters. The first-order valence-electron chi connectivity index (χ1n) is 6.66. The second-order valence-corrected chi connectivity index (χ2v) is 5.77. The van der Waals surface area contributed by atoms with Gasteiger partial charge in [-0.2, -0.15) is 0 Å². The Kier molecular flexibility index (Phi) is 8.24. The first-order valence-corrected chi connectivity index (χ1v) is 7.74. The van der Waals surface area contributed by atoms with Crippen molar-refractivity contribution in [3.8, 4) is 0 Å². The molecule has 0 bridgehead atoms. The van der Waals surface area contributed by atoms with E-state index >= 15 is 0 Å². The Morgan fingerprint density at radius 2 is 2.33 bits per heavy atom. The van der Waals surface area contributed by atoms with E-state index in [0.717, 1.165) is 34.5 Å². The highest BCUT2D eigenvalue weighted by molar-refractivity contribution is 14.1. The Labute approximate surface area is 138 Å². The Morgan fingerprint density at radius 3 is 2.95 bits per heavy atom. The number of hydroxylamine groups is 1. The van der Waals surface area contributed by atoms with Crippen molar-refractivity contribution in [1.29, 1.82) is 0 Å². The fourth-order valence-electron chi connectivity index (χ4n) is 1.48. The number of halogens is 1. The highest BCUT2D eigenvalue weighted by Crippen LogP contribution is 2.17. The Bertz CT molecular complexity index is 492. The average molecular weight is 405 g/mol. The zero-order valence-electron chi connectivity index (χ0n) is 12.1. The van der Waals surface area contributed by atoms with Gasteiger partial charge in [0.05, 0.1) is 9.67 Å². The lowest BCUT2D eigenvalue weighted by molar-refractivity contribution is -0.124. The zero-order chi connectivity index (χ0) is 15.7. The van der Waals surface area contributed by atoms with E-state index in [2.05, 4.69) is 32.9 Å². The van der Waals surface area contributed by atoms with Crippen molar-refractivity contribution in [2.75, 3.05) is 18.5 Å². The monoisotopic (exact) mass is 405 g/mol. The van der Waals surface area contributed by atoms with Crippen LogP contribution in [0.3, 0.4) is 0 Å². The summed E-state index contributed by atoms with van der Waals surface area (Å²) in [4.78, 5) is 15.2. The summed E-state index contributed by atoms with van der Waals surface area (Å²) in [5, 5.41) is 11.6. The number of hydrogen-bond donors (Lipinski definition) is 3. The molecule has 116 valence electrons. The number of hydrogen-bond acceptors (Lipinski definition) is 5. The van der Waals surface area contributed by atoms with E-state index in [1.165, 1.54) is 11.6 Å². The second kappa shape index (κ2) is 9.69. The van der Waals surface area contributed by atoms with Gasteiger partial charge in [-0.05, 0) is 60.6 Å². The molecule has 0 spiro atoms. The van der Waals surface area contributed by atoms with Crippen LogP contribution in [-0.2, 0) is 9.53 Å². The molecule has 7 heteroatoms. The zero-order valence-corrected chi connectivity index (χ0v) is 14.3. The average Bonchev–Trinajstić information content (AvgIpc) is 2.45. The lowest BCUT2D eigenvalue weighted by Gasteiger charge is -2.10. The van der Waals surface area contributed by atoms with E-state index in [1.807, 2.05) is 19.9 Å². The highest BCUT2D eigenvalue weighted by Gasteiger charge is 2.02. The molecule has 0 aromatic carbocycles. The predicted molar refractivity (Wildman–Crippen MR) is 90.1 cm³/mol. The molecule has 0 fully saturated rings. The number of nitrogens with zero attached hydrogens (tertiary/aromatic N) is 1. The molecular formula is C14H20IN3O3. The molecule has 0 radical (unpaired) electrons. The van der Waals surface area contributed by atoms with Crippen LogP contribution in [0.25, 0.3) is 6.08 Å². The van der Waals surface area contributed by atoms with Crippen molar-refractivity contribution in [2.24, 2.45) is 0 Å². The third-order valence-corrected chi connectivity index (χ3v) is 3.29. The Hall–Kier alpha value is -1.19. The maximum absolute atomic E-state index is 10.9. The third-order valence-electron chi connectivity index (χ3n) is 2.46. The minimum Gasteiger partial charge on any atom is -0.379 e. The minimum absolute atomic E-state index is 0.255. The van der Waals surface area contributed by atoms with Gasteiger partial charge in [-0.1, -0.05) is 0 Å². The maximum atomic E-state index is 10.9. The molecule has 0 atom stereocenters. The summed E-state index contributed by atoms with van der Waals surface area (Å²) in [6, 6.07) is 1.90. The van der Waals surface area contributed by atoms with Gasteiger partial charge in [0.25, 0.3) is 5.91 Å². The van der Waals surface area contributed by atoms with Gasteiger partial charge in [0, 0.05) is 25.4 Å². The molecule has 1 aromatic heterocycles. The van der Waals surface area contributed by atoms with E-state index in [1.54, 1.807) is 12.3 Å². The van der Waals surface area contributed by atoms with E-state index in [0.29, 0.717) is 0 Å². The molecule has 0 aliphatic rings. The molecule has 1 amide bonds. The molecule has 3 N–H and O–H groups in total. The van der Waals surface area contributed by atoms with Crippen molar-refractivity contribution >= 4 is 40.4 Å². The van der Waals surface area contributed by atoms with Crippen LogP contribution in [0.4, 0.5) is 5.82 Å². The summed E-state index contributed by atoms with van der Waals surface area (Å²) in [6.07, 6.45) is 5.65. The third kappa shape index (κ3) is 7.39.